The van der Waals surface area contributed by atoms with Gasteiger partial charge < -0.3 is 5.32 Å². The Balaban J connectivity index is 0.00000289. The Morgan fingerprint density at radius 3 is 2.56 bits per heavy atom. The van der Waals surface area contributed by atoms with Gasteiger partial charge in [-0.15, -0.1) is 23.7 Å². The van der Waals surface area contributed by atoms with Gasteiger partial charge in [0.1, 0.15) is 5.82 Å². The van der Waals surface area contributed by atoms with Crippen molar-refractivity contribution in [2.75, 3.05) is 17.6 Å². The minimum atomic E-state index is -3.65. The second-order valence-corrected chi connectivity index (χ2v) is 10.6. The van der Waals surface area contributed by atoms with E-state index in [-0.39, 0.29) is 29.5 Å². The summed E-state index contributed by atoms with van der Waals surface area (Å²) in [7, 11) is -3.65. The second-order valence-electron chi connectivity index (χ2n) is 7.41. The van der Waals surface area contributed by atoms with Crippen LogP contribution < -0.4 is 5.32 Å². The summed E-state index contributed by atoms with van der Waals surface area (Å²) in [6.45, 7) is 2.53. The highest BCUT2D eigenvalue weighted by molar-refractivity contribution is 7.91. The molecule has 170 valence electrons. The number of aromatic nitrogens is 1. The molecule has 1 aliphatic rings. The van der Waals surface area contributed by atoms with Gasteiger partial charge in [-0.05, 0) is 29.8 Å². The van der Waals surface area contributed by atoms with Crippen molar-refractivity contribution in [3.63, 3.8) is 0 Å². The van der Waals surface area contributed by atoms with E-state index in [1.54, 1.807) is 0 Å². The number of anilines is 1. The van der Waals surface area contributed by atoms with Gasteiger partial charge in [-0.2, -0.15) is 0 Å². The van der Waals surface area contributed by atoms with E-state index in [1.165, 1.54) is 29.0 Å². The quantitative estimate of drug-likeness (QED) is 0.500. The van der Waals surface area contributed by atoms with Crippen LogP contribution >= 0.6 is 23.7 Å². The summed E-state index contributed by atoms with van der Waals surface area (Å²) in [5, 5.41) is 3.22. The third-order valence-corrected chi connectivity index (χ3v) is 7.81. The molecular weight excluding hydrogens is 473 g/mol. The first-order valence-electron chi connectivity index (χ1n) is 9.92. The summed E-state index contributed by atoms with van der Waals surface area (Å²) in [6.07, 6.45) is 0.623. The summed E-state index contributed by atoms with van der Waals surface area (Å²) >= 11 is 1.43. The van der Waals surface area contributed by atoms with Crippen molar-refractivity contribution >= 4 is 44.6 Å². The predicted octanol–water partition coefficient (Wildman–Crippen LogP) is 4.06. The number of benzene rings is 2. The molecule has 0 unspecified atom stereocenters. The molecule has 0 fully saturated rings. The molecular formula is C22H23ClFN3O3S2. The van der Waals surface area contributed by atoms with Crippen molar-refractivity contribution in [2.45, 2.75) is 30.8 Å². The van der Waals surface area contributed by atoms with Crippen LogP contribution in [0.25, 0.3) is 0 Å². The van der Waals surface area contributed by atoms with E-state index in [4.69, 9.17) is 0 Å². The highest BCUT2D eigenvalue weighted by Gasteiger charge is 2.22. The molecule has 0 spiro atoms. The van der Waals surface area contributed by atoms with Crippen LogP contribution in [0, 0.1) is 5.82 Å². The number of hydrogen-bond donors (Lipinski definition) is 1. The molecule has 10 heteroatoms. The Kier molecular flexibility index (Phi) is 8.00. The fourth-order valence-electron chi connectivity index (χ4n) is 3.45. The zero-order chi connectivity index (χ0) is 21.8. The van der Waals surface area contributed by atoms with Crippen LogP contribution in [0.3, 0.4) is 0 Å². The third kappa shape index (κ3) is 6.13. The number of carbonyl (C=O) groups excluding carboxylic acids is 1. The van der Waals surface area contributed by atoms with E-state index in [0.717, 1.165) is 48.8 Å². The van der Waals surface area contributed by atoms with Gasteiger partial charge in [0.15, 0.2) is 15.0 Å². The summed E-state index contributed by atoms with van der Waals surface area (Å²) < 4.78 is 37.6. The molecule has 0 radical (unpaired) electrons. The number of nitrogens with zero attached hydrogens (tertiary/aromatic N) is 2. The number of hydrogen-bond acceptors (Lipinski definition) is 6. The summed E-state index contributed by atoms with van der Waals surface area (Å²) in [6, 6.07) is 14.9. The molecule has 1 amide bonds. The number of amides is 1. The van der Waals surface area contributed by atoms with Crippen LogP contribution in [0.5, 0.6) is 0 Å². The molecule has 1 aromatic heterocycles. The van der Waals surface area contributed by atoms with E-state index in [2.05, 4.69) is 27.3 Å². The van der Waals surface area contributed by atoms with E-state index >= 15 is 0 Å². The van der Waals surface area contributed by atoms with Gasteiger partial charge in [0.05, 0.1) is 16.3 Å². The first kappa shape index (κ1) is 24.3. The van der Waals surface area contributed by atoms with Crippen LogP contribution in [-0.4, -0.2) is 36.5 Å². The lowest BCUT2D eigenvalue weighted by Gasteiger charge is -2.25. The van der Waals surface area contributed by atoms with Crippen molar-refractivity contribution in [1.29, 1.82) is 0 Å². The summed E-state index contributed by atoms with van der Waals surface area (Å²) in [4.78, 5) is 20.3. The second kappa shape index (κ2) is 10.5. The number of carbonyl (C=O) groups is 1. The normalized spacial score (nSPS) is 13.8. The van der Waals surface area contributed by atoms with Crippen LogP contribution in [0.15, 0.2) is 59.5 Å². The fourth-order valence-corrected chi connectivity index (χ4v) is 5.75. The first-order chi connectivity index (χ1) is 14.9. The van der Waals surface area contributed by atoms with Gasteiger partial charge in [0.2, 0.25) is 5.91 Å². The number of nitrogens with one attached hydrogen (secondary N) is 1. The standard InChI is InChI=1S/C22H22FN3O3S2.ClH/c23-17-6-8-18(9-7-17)31(28,29)13-11-21(27)25-22-24-19-10-12-26(15-20(19)30-22)14-16-4-2-1-3-5-16;/h1-9H,10-15H2,(H,24,25,27);1H. The van der Waals surface area contributed by atoms with Crippen molar-refractivity contribution < 1.29 is 17.6 Å². The average molecular weight is 496 g/mol. The topological polar surface area (TPSA) is 79.4 Å². The Morgan fingerprint density at radius 1 is 1.12 bits per heavy atom. The van der Waals surface area contributed by atoms with Gasteiger partial charge in [-0.1, -0.05) is 30.3 Å². The Hall–Kier alpha value is -2.33. The molecule has 2 aromatic carbocycles. The molecule has 1 aliphatic heterocycles. The number of rotatable bonds is 7. The lowest BCUT2D eigenvalue weighted by Crippen LogP contribution is -2.29. The maximum absolute atomic E-state index is 13.0. The number of thiazole rings is 1. The lowest BCUT2D eigenvalue weighted by atomic mass is 10.1. The zero-order valence-corrected chi connectivity index (χ0v) is 19.6. The average Bonchev–Trinajstić information content (AvgIpc) is 3.15. The lowest BCUT2D eigenvalue weighted by molar-refractivity contribution is -0.115. The fraction of sp³-hybridized carbons (Fsp3) is 0.273. The van der Waals surface area contributed by atoms with Crippen LogP contribution in [-0.2, 0) is 34.1 Å². The van der Waals surface area contributed by atoms with Crippen LogP contribution in [0.1, 0.15) is 22.6 Å². The zero-order valence-electron chi connectivity index (χ0n) is 17.2. The van der Waals surface area contributed by atoms with Gasteiger partial charge >= 0.3 is 0 Å². The predicted molar refractivity (Wildman–Crippen MR) is 125 cm³/mol. The Bertz CT molecular complexity index is 1170. The monoisotopic (exact) mass is 495 g/mol. The van der Waals surface area contributed by atoms with Crippen molar-refractivity contribution in [2.24, 2.45) is 0 Å². The third-order valence-electron chi connectivity index (χ3n) is 5.08. The van der Waals surface area contributed by atoms with E-state index in [0.29, 0.717) is 5.13 Å². The molecule has 0 saturated carbocycles. The molecule has 32 heavy (non-hydrogen) atoms. The summed E-state index contributed by atoms with van der Waals surface area (Å²) in [5.41, 5.74) is 2.25. The highest BCUT2D eigenvalue weighted by atomic mass is 35.5. The van der Waals surface area contributed by atoms with Crippen LogP contribution in [0.2, 0.25) is 0 Å². The van der Waals surface area contributed by atoms with Crippen molar-refractivity contribution in [3.05, 3.63) is 76.5 Å². The van der Waals surface area contributed by atoms with Gasteiger partial charge in [-0.25, -0.2) is 17.8 Å². The van der Waals surface area contributed by atoms with Gasteiger partial charge in [0.25, 0.3) is 0 Å². The molecule has 0 atom stereocenters. The SMILES string of the molecule is Cl.O=C(CCS(=O)(=O)c1ccc(F)cc1)Nc1nc2c(s1)CN(Cc1ccccc1)CC2. The minimum Gasteiger partial charge on any atom is -0.302 e. The minimum absolute atomic E-state index is 0. The molecule has 3 aromatic rings. The molecule has 6 nitrogen and oxygen atoms in total. The summed E-state index contributed by atoms with van der Waals surface area (Å²) in [5.74, 6) is -1.26. The largest absolute Gasteiger partial charge is 0.302 e. The molecule has 4 rings (SSSR count). The number of sulfone groups is 1. The van der Waals surface area contributed by atoms with Gasteiger partial charge in [0, 0.05) is 37.4 Å². The molecule has 1 N–H and O–H groups in total. The van der Waals surface area contributed by atoms with E-state index in [9.17, 15) is 17.6 Å². The number of halogens is 2. The number of fused-ring (bicyclic) bond motifs is 1. The van der Waals surface area contributed by atoms with Crippen molar-refractivity contribution in [3.8, 4) is 0 Å². The maximum atomic E-state index is 13.0. The Labute approximate surface area is 196 Å². The van der Waals surface area contributed by atoms with Crippen molar-refractivity contribution in [1.82, 2.24) is 9.88 Å². The highest BCUT2D eigenvalue weighted by Crippen LogP contribution is 2.29. The maximum Gasteiger partial charge on any atom is 0.227 e. The van der Waals surface area contributed by atoms with Crippen LogP contribution in [0.4, 0.5) is 9.52 Å². The Morgan fingerprint density at radius 2 is 1.84 bits per heavy atom. The van der Waals surface area contributed by atoms with E-state index in [1.807, 2.05) is 18.2 Å². The molecule has 0 saturated heterocycles. The molecule has 0 bridgehead atoms. The van der Waals surface area contributed by atoms with E-state index < -0.39 is 21.6 Å². The molecule has 2 heterocycles. The first-order valence-corrected chi connectivity index (χ1v) is 12.4. The molecule has 0 aliphatic carbocycles. The van der Waals surface area contributed by atoms with Gasteiger partial charge in [-0.3, -0.25) is 9.69 Å². The smallest absolute Gasteiger partial charge is 0.227 e.